The average Bonchev–Trinajstić information content (AvgIpc) is 3.16. The van der Waals surface area contributed by atoms with E-state index in [1.54, 1.807) is 23.6 Å². The first-order valence-corrected chi connectivity index (χ1v) is 8.87. The highest BCUT2D eigenvalue weighted by Gasteiger charge is 2.19. The number of nitrogens with zero attached hydrogens (tertiary/aromatic N) is 5. The Morgan fingerprint density at radius 3 is 2.62 bits per heavy atom. The Morgan fingerprint density at radius 2 is 1.96 bits per heavy atom. The molecule has 0 spiro atoms. The highest BCUT2D eigenvalue weighted by Crippen LogP contribution is 2.31. The van der Waals surface area contributed by atoms with Gasteiger partial charge in [0, 0.05) is 30.6 Å². The number of aryl methyl sites for hydroxylation is 1. The van der Waals surface area contributed by atoms with Gasteiger partial charge < -0.3 is 9.30 Å². The molecule has 2 heterocycles. The van der Waals surface area contributed by atoms with Crippen LogP contribution in [0.4, 0.5) is 0 Å². The van der Waals surface area contributed by atoms with Gasteiger partial charge in [-0.25, -0.2) is 0 Å². The molecule has 3 aromatic rings. The molecule has 0 N–H and O–H groups in total. The van der Waals surface area contributed by atoms with Gasteiger partial charge in [0.25, 0.3) is 0 Å². The summed E-state index contributed by atoms with van der Waals surface area (Å²) in [6.45, 7) is 2.84. The van der Waals surface area contributed by atoms with E-state index in [9.17, 15) is 0 Å². The fourth-order valence-corrected chi connectivity index (χ4v) is 3.46. The third-order valence-corrected chi connectivity index (χ3v) is 4.83. The van der Waals surface area contributed by atoms with E-state index in [1.165, 1.54) is 5.56 Å². The summed E-state index contributed by atoms with van der Waals surface area (Å²) >= 11 is 7.57. The van der Waals surface area contributed by atoms with E-state index in [0.29, 0.717) is 5.88 Å². The number of ether oxygens (including phenoxy) is 1. The molecule has 0 radical (unpaired) electrons. The molecule has 0 fully saturated rings. The van der Waals surface area contributed by atoms with Crippen LogP contribution in [-0.4, -0.2) is 31.7 Å². The lowest BCUT2D eigenvalue weighted by atomic mass is 10.2. The van der Waals surface area contributed by atoms with E-state index in [2.05, 4.69) is 26.8 Å². The monoisotopic (exact) mass is 363 g/mol. The van der Waals surface area contributed by atoms with Crippen molar-refractivity contribution in [2.24, 2.45) is 7.05 Å². The Bertz CT molecular complexity index is 828. The summed E-state index contributed by atoms with van der Waals surface area (Å²) in [5.41, 5.74) is 2.03. The Kier molecular flexibility index (Phi) is 5.11. The minimum Gasteiger partial charge on any atom is -0.479 e. The maximum atomic E-state index is 5.93. The topological polar surface area (TPSA) is 57.8 Å². The second-order valence-corrected chi connectivity index (χ2v) is 6.57. The summed E-state index contributed by atoms with van der Waals surface area (Å²) in [6, 6.07) is 7.84. The molecule has 0 aliphatic rings. The van der Waals surface area contributed by atoms with Crippen molar-refractivity contribution in [3.05, 3.63) is 41.0 Å². The fourth-order valence-electron chi connectivity index (χ4n) is 2.38. The van der Waals surface area contributed by atoms with Crippen LogP contribution in [0.25, 0.3) is 11.4 Å². The van der Waals surface area contributed by atoms with Crippen LogP contribution in [0.15, 0.2) is 35.6 Å². The van der Waals surface area contributed by atoms with Crippen LogP contribution in [-0.2, 0) is 19.3 Å². The summed E-state index contributed by atoms with van der Waals surface area (Å²) in [4.78, 5) is 0. The second-order valence-electron chi connectivity index (χ2n) is 5.19. The summed E-state index contributed by atoms with van der Waals surface area (Å²) in [5.74, 6) is 2.12. The minimum atomic E-state index is 0.550. The zero-order valence-electron chi connectivity index (χ0n) is 13.7. The molecular formula is C16H18ClN5OS. The molecular weight excluding hydrogens is 346 g/mol. The fraction of sp³-hybridized carbons (Fsp3) is 0.312. The number of rotatable bonds is 6. The molecule has 0 bridgehead atoms. The van der Waals surface area contributed by atoms with Crippen molar-refractivity contribution < 1.29 is 4.74 Å². The van der Waals surface area contributed by atoms with Crippen molar-refractivity contribution in [3.8, 4) is 17.3 Å². The van der Waals surface area contributed by atoms with Gasteiger partial charge in [0.15, 0.2) is 11.0 Å². The van der Waals surface area contributed by atoms with Gasteiger partial charge in [-0.2, -0.15) is 0 Å². The minimum absolute atomic E-state index is 0.550. The van der Waals surface area contributed by atoms with Crippen molar-refractivity contribution in [1.29, 1.82) is 0 Å². The van der Waals surface area contributed by atoms with E-state index in [-0.39, 0.29) is 0 Å². The maximum absolute atomic E-state index is 5.93. The number of methoxy groups -OCH3 is 1. The van der Waals surface area contributed by atoms with Crippen molar-refractivity contribution in [1.82, 2.24) is 24.5 Å². The molecule has 0 atom stereocenters. The van der Waals surface area contributed by atoms with Crippen molar-refractivity contribution >= 4 is 23.4 Å². The first-order valence-electron chi connectivity index (χ1n) is 7.50. The van der Waals surface area contributed by atoms with Crippen LogP contribution in [0.3, 0.4) is 0 Å². The summed E-state index contributed by atoms with van der Waals surface area (Å²) in [5, 5.41) is 14.6. The van der Waals surface area contributed by atoms with E-state index in [1.807, 2.05) is 37.5 Å². The van der Waals surface area contributed by atoms with Gasteiger partial charge in [0.2, 0.25) is 5.88 Å². The number of hydrogen-bond acceptors (Lipinski definition) is 5. The van der Waals surface area contributed by atoms with Gasteiger partial charge >= 0.3 is 0 Å². The second kappa shape index (κ2) is 7.27. The summed E-state index contributed by atoms with van der Waals surface area (Å²) in [6.07, 6.45) is 1.89. The maximum Gasteiger partial charge on any atom is 0.243 e. The lowest BCUT2D eigenvalue weighted by Gasteiger charge is -2.07. The van der Waals surface area contributed by atoms with E-state index in [0.717, 1.165) is 33.9 Å². The normalized spacial score (nSPS) is 11.0. The van der Waals surface area contributed by atoms with E-state index in [4.69, 9.17) is 16.3 Å². The highest BCUT2D eigenvalue weighted by atomic mass is 35.5. The van der Waals surface area contributed by atoms with Crippen molar-refractivity contribution in [2.75, 3.05) is 7.11 Å². The standard InChI is InChI=1S/C16H18ClN5OS/c1-4-22-14(13-9-21(2)20-15(13)23-3)18-19-16(22)24-10-11-5-7-12(17)8-6-11/h5-9H,4,10H2,1-3H3. The lowest BCUT2D eigenvalue weighted by molar-refractivity contribution is 0.393. The predicted octanol–water partition coefficient (Wildman–Crippen LogP) is 3.65. The zero-order chi connectivity index (χ0) is 17.1. The molecule has 0 saturated carbocycles. The number of thioether (sulfide) groups is 1. The van der Waals surface area contributed by atoms with Crippen LogP contribution >= 0.6 is 23.4 Å². The van der Waals surface area contributed by atoms with Crippen molar-refractivity contribution in [3.63, 3.8) is 0 Å². The summed E-state index contributed by atoms with van der Waals surface area (Å²) < 4.78 is 9.12. The third-order valence-electron chi connectivity index (χ3n) is 3.54. The van der Waals surface area contributed by atoms with Crippen LogP contribution < -0.4 is 4.74 Å². The Morgan fingerprint density at radius 1 is 1.21 bits per heavy atom. The number of aromatic nitrogens is 5. The molecule has 0 aliphatic carbocycles. The van der Waals surface area contributed by atoms with Gasteiger partial charge in [-0.3, -0.25) is 4.68 Å². The number of hydrogen-bond donors (Lipinski definition) is 0. The van der Waals surface area contributed by atoms with Crippen LogP contribution in [0.1, 0.15) is 12.5 Å². The Hall–Kier alpha value is -1.99. The lowest BCUT2D eigenvalue weighted by Crippen LogP contribution is -2.00. The molecule has 2 aromatic heterocycles. The Labute approximate surface area is 149 Å². The molecule has 6 nitrogen and oxygen atoms in total. The van der Waals surface area contributed by atoms with Gasteiger partial charge in [0.05, 0.1) is 7.11 Å². The molecule has 126 valence electrons. The summed E-state index contributed by atoms with van der Waals surface area (Å²) in [7, 11) is 3.46. The van der Waals surface area contributed by atoms with E-state index < -0.39 is 0 Å². The molecule has 0 unspecified atom stereocenters. The quantitative estimate of drug-likeness (QED) is 0.625. The highest BCUT2D eigenvalue weighted by molar-refractivity contribution is 7.98. The predicted molar refractivity (Wildman–Crippen MR) is 95.5 cm³/mol. The van der Waals surface area contributed by atoms with Gasteiger partial charge in [-0.15, -0.1) is 15.3 Å². The molecule has 1 aromatic carbocycles. The first-order chi connectivity index (χ1) is 11.6. The molecule has 24 heavy (non-hydrogen) atoms. The largest absolute Gasteiger partial charge is 0.479 e. The molecule has 0 saturated heterocycles. The third kappa shape index (κ3) is 3.42. The molecule has 8 heteroatoms. The van der Waals surface area contributed by atoms with Gasteiger partial charge in [-0.1, -0.05) is 35.5 Å². The first kappa shape index (κ1) is 16.9. The van der Waals surface area contributed by atoms with E-state index >= 15 is 0 Å². The van der Waals surface area contributed by atoms with Gasteiger partial charge in [0.1, 0.15) is 5.56 Å². The Balaban J connectivity index is 1.85. The molecule has 3 rings (SSSR count). The average molecular weight is 364 g/mol. The number of benzene rings is 1. The molecule has 0 aliphatic heterocycles. The molecule has 0 amide bonds. The van der Waals surface area contributed by atoms with Crippen LogP contribution in [0.2, 0.25) is 5.02 Å². The SMILES string of the molecule is CCn1c(SCc2ccc(Cl)cc2)nnc1-c1cn(C)nc1OC. The smallest absolute Gasteiger partial charge is 0.243 e. The van der Waals surface area contributed by atoms with Crippen LogP contribution in [0.5, 0.6) is 5.88 Å². The van der Waals surface area contributed by atoms with Gasteiger partial charge in [-0.05, 0) is 24.6 Å². The number of halogens is 1. The van der Waals surface area contributed by atoms with Crippen LogP contribution in [0, 0.1) is 0 Å². The zero-order valence-corrected chi connectivity index (χ0v) is 15.3. The van der Waals surface area contributed by atoms with Crippen molar-refractivity contribution in [2.45, 2.75) is 24.4 Å².